The molecule has 0 aliphatic carbocycles. The van der Waals surface area contributed by atoms with Crippen molar-refractivity contribution < 1.29 is 33.8 Å². The number of amides is 3. The largest absolute Gasteiger partial charge is 0.497 e. The molecule has 3 atom stereocenters. The van der Waals surface area contributed by atoms with E-state index < -0.39 is 29.9 Å². The Labute approximate surface area is 296 Å². The number of hydrogen-bond acceptors (Lipinski definition) is 8. The van der Waals surface area contributed by atoms with Crippen LogP contribution in [0.4, 0.5) is 10.5 Å². The maximum absolute atomic E-state index is 13.9. The summed E-state index contributed by atoms with van der Waals surface area (Å²) in [7, 11) is 1.50. The van der Waals surface area contributed by atoms with Gasteiger partial charge in [-0.15, -0.1) is 0 Å². The lowest BCUT2D eigenvalue weighted by atomic mass is 9.87. The van der Waals surface area contributed by atoms with Crippen molar-refractivity contribution in [1.82, 2.24) is 9.80 Å². The summed E-state index contributed by atoms with van der Waals surface area (Å²) in [6.45, 7) is 1.60. The zero-order valence-electron chi connectivity index (χ0n) is 28.3. The number of nitrogens with one attached hydrogen (secondary N) is 1. The number of carbonyl (C=O) groups excluding carboxylic acids is 3. The molecule has 2 saturated heterocycles. The highest BCUT2D eigenvalue weighted by molar-refractivity contribution is 6.18. The maximum atomic E-state index is 13.9. The van der Waals surface area contributed by atoms with Crippen LogP contribution < -0.4 is 10.1 Å². The second kappa shape index (κ2) is 16.3. The molecule has 0 bridgehead atoms. The highest BCUT2D eigenvalue weighted by Crippen LogP contribution is 2.32. The maximum Gasteiger partial charge on any atom is 0.416 e. The molecule has 0 saturated carbocycles. The number of methoxy groups -OCH3 is 1. The van der Waals surface area contributed by atoms with Gasteiger partial charge in [0.15, 0.2) is 6.04 Å². The van der Waals surface area contributed by atoms with Crippen molar-refractivity contribution in [1.29, 1.82) is 0 Å². The van der Waals surface area contributed by atoms with Gasteiger partial charge in [0.05, 0.1) is 31.1 Å². The highest BCUT2D eigenvalue weighted by atomic mass is 16.6. The van der Waals surface area contributed by atoms with Gasteiger partial charge in [0.2, 0.25) is 11.8 Å². The van der Waals surface area contributed by atoms with Crippen LogP contribution in [-0.2, 0) is 25.7 Å². The Hall–Kier alpha value is -5.81. The van der Waals surface area contributed by atoms with Crippen LogP contribution in [0.2, 0.25) is 0 Å². The fourth-order valence-corrected chi connectivity index (χ4v) is 6.70. The molecule has 4 aromatic rings. The molecule has 0 radical (unpaired) electrons. The SMILES string of the molecule is COc1cccc([C@@H](CC(=O)N2CCOC2=O)[C@H](N=C(c2ccccc2)c2ccccc2NC(=O)[C@@H]2CCCN2Cc2ccccc2)C(=O)O)c1. The number of aliphatic imine (C=N–C) groups is 1. The van der Waals surface area contributed by atoms with Crippen molar-refractivity contribution in [2.75, 3.05) is 32.1 Å². The summed E-state index contributed by atoms with van der Waals surface area (Å²) in [4.78, 5) is 61.0. The Morgan fingerprint density at radius 1 is 0.941 bits per heavy atom. The summed E-state index contributed by atoms with van der Waals surface area (Å²) in [6.07, 6.45) is 0.507. The molecule has 0 aromatic heterocycles. The number of hydrogen-bond donors (Lipinski definition) is 2. The third-order valence-electron chi connectivity index (χ3n) is 9.26. The Morgan fingerprint density at radius 2 is 1.67 bits per heavy atom. The molecule has 3 amide bonds. The lowest BCUT2D eigenvalue weighted by Crippen LogP contribution is -2.39. The van der Waals surface area contributed by atoms with E-state index in [1.165, 1.54) is 7.11 Å². The first kappa shape index (κ1) is 35.0. The molecule has 4 aromatic carbocycles. The van der Waals surface area contributed by atoms with Crippen molar-refractivity contribution in [3.63, 3.8) is 0 Å². The van der Waals surface area contributed by atoms with E-state index in [-0.39, 0.29) is 31.5 Å². The molecule has 6 rings (SSSR count). The Kier molecular flexibility index (Phi) is 11.2. The van der Waals surface area contributed by atoms with Crippen molar-refractivity contribution in [3.8, 4) is 5.75 Å². The molecule has 2 N–H and O–H groups in total. The van der Waals surface area contributed by atoms with Crippen LogP contribution in [0, 0.1) is 0 Å². The van der Waals surface area contributed by atoms with Gasteiger partial charge in [0.1, 0.15) is 12.4 Å². The Morgan fingerprint density at radius 3 is 2.37 bits per heavy atom. The fraction of sp³-hybridized carbons (Fsp3) is 0.275. The first-order valence-electron chi connectivity index (χ1n) is 17.0. The number of cyclic esters (lactones) is 1. The third kappa shape index (κ3) is 8.33. The number of carbonyl (C=O) groups is 4. The molecule has 2 heterocycles. The zero-order chi connectivity index (χ0) is 35.7. The fourth-order valence-electron chi connectivity index (χ4n) is 6.70. The molecule has 11 nitrogen and oxygen atoms in total. The second-order valence-electron chi connectivity index (χ2n) is 12.5. The third-order valence-corrected chi connectivity index (χ3v) is 9.26. The molecule has 51 heavy (non-hydrogen) atoms. The predicted octanol–water partition coefficient (Wildman–Crippen LogP) is 5.74. The number of nitrogens with zero attached hydrogens (tertiary/aromatic N) is 3. The minimum absolute atomic E-state index is 0.0699. The average molecular weight is 689 g/mol. The smallest absolute Gasteiger partial charge is 0.416 e. The molecule has 2 aliphatic rings. The van der Waals surface area contributed by atoms with E-state index >= 15 is 0 Å². The topological polar surface area (TPSA) is 138 Å². The number of rotatable bonds is 13. The van der Waals surface area contributed by atoms with Gasteiger partial charge in [0, 0.05) is 30.0 Å². The summed E-state index contributed by atoms with van der Waals surface area (Å²) < 4.78 is 10.4. The summed E-state index contributed by atoms with van der Waals surface area (Å²) in [5.74, 6) is -2.52. The number of carboxylic acids is 1. The van der Waals surface area contributed by atoms with Gasteiger partial charge in [0.25, 0.3) is 0 Å². The Balaban J connectivity index is 1.38. The molecule has 262 valence electrons. The van der Waals surface area contributed by atoms with E-state index in [0.717, 1.165) is 23.4 Å². The van der Waals surface area contributed by atoms with Crippen LogP contribution in [0.3, 0.4) is 0 Å². The number of aliphatic carboxylic acids is 1. The summed E-state index contributed by atoms with van der Waals surface area (Å²) >= 11 is 0. The van der Waals surface area contributed by atoms with E-state index in [9.17, 15) is 24.3 Å². The molecule has 0 spiro atoms. The molecule has 0 unspecified atom stereocenters. The predicted molar refractivity (Wildman–Crippen MR) is 192 cm³/mol. The highest BCUT2D eigenvalue weighted by Gasteiger charge is 2.37. The van der Waals surface area contributed by atoms with Crippen LogP contribution >= 0.6 is 0 Å². The van der Waals surface area contributed by atoms with Crippen molar-refractivity contribution in [2.24, 2.45) is 4.99 Å². The van der Waals surface area contributed by atoms with E-state index in [2.05, 4.69) is 10.2 Å². The minimum atomic E-state index is -1.48. The molecular weight excluding hydrogens is 648 g/mol. The molecular formula is C40H40N4O7. The normalized spacial score (nSPS) is 17.4. The first-order chi connectivity index (χ1) is 24.8. The summed E-state index contributed by atoms with van der Waals surface area (Å²) in [6, 6.07) is 31.4. The van der Waals surface area contributed by atoms with Crippen LogP contribution in [-0.4, -0.2) is 83.4 Å². The summed E-state index contributed by atoms with van der Waals surface area (Å²) in [5.41, 5.74) is 3.58. The molecule has 2 aliphatic heterocycles. The van der Waals surface area contributed by atoms with Crippen molar-refractivity contribution in [2.45, 2.75) is 43.8 Å². The quantitative estimate of drug-likeness (QED) is 0.170. The van der Waals surface area contributed by atoms with Gasteiger partial charge in [-0.1, -0.05) is 91.0 Å². The van der Waals surface area contributed by atoms with Gasteiger partial charge < -0.3 is 19.9 Å². The van der Waals surface area contributed by atoms with Crippen LogP contribution in [0.25, 0.3) is 0 Å². The first-order valence-corrected chi connectivity index (χ1v) is 17.0. The lowest BCUT2D eigenvalue weighted by molar-refractivity contribution is -0.139. The van der Waals surface area contributed by atoms with Crippen molar-refractivity contribution >= 4 is 35.3 Å². The number of para-hydroxylation sites is 1. The zero-order valence-corrected chi connectivity index (χ0v) is 28.3. The van der Waals surface area contributed by atoms with Gasteiger partial charge in [-0.2, -0.15) is 0 Å². The standard InChI is InChI=1S/C40H40N4O7/c1-50-30-17-10-16-29(24-30)32(25-35(45)44-22-23-51-40(44)49)37(39(47)48)42-36(28-14-6-3-7-15-28)31-18-8-9-19-33(31)41-38(46)34-20-11-21-43(34)26-27-12-4-2-5-13-27/h2-10,12-19,24,32,34,37H,11,20-23,25-26H2,1H3,(H,41,46)(H,47,48)/t32-,34+,37+/m1/s1. The summed E-state index contributed by atoms with van der Waals surface area (Å²) in [5, 5.41) is 13.9. The van der Waals surface area contributed by atoms with E-state index in [4.69, 9.17) is 14.5 Å². The number of carboxylic acid groups (broad SMARTS) is 1. The minimum Gasteiger partial charge on any atom is -0.497 e. The van der Waals surface area contributed by atoms with Crippen LogP contribution in [0.1, 0.15) is 47.4 Å². The van der Waals surface area contributed by atoms with E-state index in [1.807, 2.05) is 60.7 Å². The lowest BCUT2D eigenvalue weighted by Gasteiger charge is -2.26. The van der Waals surface area contributed by atoms with Gasteiger partial charge >= 0.3 is 12.1 Å². The van der Waals surface area contributed by atoms with Gasteiger partial charge in [-0.3, -0.25) is 19.5 Å². The van der Waals surface area contributed by atoms with Crippen LogP contribution in [0.5, 0.6) is 5.75 Å². The van der Waals surface area contributed by atoms with E-state index in [0.29, 0.717) is 46.8 Å². The number of imide groups is 1. The Bertz CT molecular complexity index is 1900. The molecule has 2 fully saturated rings. The van der Waals surface area contributed by atoms with Crippen LogP contribution in [0.15, 0.2) is 114 Å². The second-order valence-corrected chi connectivity index (χ2v) is 12.5. The number of ether oxygens (including phenoxy) is 2. The van der Waals surface area contributed by atoms with Gasteiger partial charge in [-0.25, -0.2) is 14.5 Å². The monoisotopic (exact) mass is 688 g/mol. The number of benzene rings is 4. The number of anilines is 1. The molecule has 11 heteroatoms. The average Bonchev–Trinajstić information content (AvgIpc) is 3.81. The van der Waals surface area contributed by atoms with Crippen molar-refractivity contribution in [3.05, 3.63) is 131 Å². The number of likely N-dealkylation sites (tertiary alicyclic amines) is 1. The van der Waals surface area contributed by atoms with E-state index in [1.54, 1.807) is 48.5 Å². The van der Waals surface area contributed by atoms with Gasteiger partial charge in [-0.05, 0) is 48.7 Å².